The molecule has 102 valence electrons. The fourth-order valence-electron chi connectivity index (χ4n) is 2.25. The number of thioether (sulfide) groups is 1. The van der Waals surface area contributed by atoms with Crippen molar-refractivity contribution in [1.29, 1.82) is 0 Å². The number of nitrogens with two attached hydrogens (primary N) is 1. The van der Waals surface area contributed by atoms with E-state index in [4.69, 9.17) is 5.73 Å². The Kier molecular flexibility index (Phi) is 3.31. The van der Waals surface area contributed by atoms with Gasteiger partial charge >= 0.3 is 0 Å². The summed E-state index contributed by atoms with van der Waals surface area (Å²) in [6.07, 6.45) is 3.69. The number of carbonyl (C=O) groups is 1. The Labute approximate surface area is 121 Å². The second kappa shape index (κ2) is 5.13. The Morgan fingerprint density at radius 2 is 2.25 bits per heavy atom. The Morgan fingerprint density at radius 3 is 3.05 bits per heavy atom. The molecule has 0 unspecified atom stereocenters. The van der Waals surface area contributed by atoms with Gasteiger partial charge in [0.25, 0.3) is 5.91 Å². The Hall–Kier alpha value is -2.08. The van der Waals surface area contributed by atoms with Crippen LogP contribution in [0, 0.1) is 0 Å². The minimum atomic E-state index is 0.0115. The molecule has 6 heteroatoms. The topological polar surface area (TPSA) is 72.1 Å². The molecule has 0 saturated carbocycles. The minimum absolute atomic E-state index is 0.0115. The van der Waals surface area contributed by atoms with Crippen LogP contribution in [0.4, 0.5) is 5.95 Å². The number of nitrogen functional groups attached to an aromatic ring is 1. The average Bonchev–Trinajstić information content (AvgIpc) is 2.89. The van der Waals surface area contributed by atoms with Gasteiger partial charge in [0.1, 0.15) is 0 Å². The molecule has 2 N–H and O–H groups in total. The molecule has 1 aromatic carbocycles. The molecule has 0 saturated heterocycles. The third-order valence-electron chi connectivity index (χ3n) is 3.28. The first-order valence-electron chi connectivity index (χ1n) is 6.21. The maximum atomic E-state index is 12.5. The summed E-state index contributed by atoms with van der Waals surface area (Å²) in [5.41, 5.74) is 8.08. The van der Waals surface area contributed by atoms with Gasteiger partial charge in [-0.2, -0.15) is 0 Å². The summed E-state index contributed by atoms with van der Waals surface area (Å²) in [7, 11) is 0. The maximum Gasteiger partial charge on any atom is 0.254 e. The summed E-state index contributed by atoms with van der Waals surface area (Å²) in [5, 5.41) is 0. The van der Waals surface area contributed by atoms with Crippen LogP contribution in [0.5, 0.6) is 0 Å². The molecule has 0 radical (unpaired) electrons. The first-order chi connectivity index (χ1) is 9.67. The van der Waals surface area contributed by atoms with Crippen molar-refractivity contribution in [2.24, 2.45) is 0 Å². The molecular weight excluding hydrogens is 272 g/mol. The largest absolute Gasteiger partial charge is 0.368 e. The second-order valence-electron chi connectivity index (χ2n) is 4.59. The van der Waals surface area contributed by atoms with Crippen LogP contribution < -0.4 is 5.73 Å². The molecule has 1 aliphatic heterocycles. The summed E-state index contributed by atoms with van der Waals surface area (Å²) in [6, 6.07) is 7.65. The van der Waals surface area contributed by atoms with Crippen molar-refractivity contribution in [2.45, 2.75) is 18.0 Å². The van der Waals surface area contributed by atoms with Gasteiger partial charge in [-0.25, -0.2) is 9.97 Å². The Bertz CT molecular complexity index is 674. The third-order valence-corrected chi connectivity index (χ3v) is 4.00. The lowest BCUT2D eigenvalue weighted by Crippen LogP contribution is -2.25. The third kappa shape index (κ3) is 2.34. The molecule has 1 amide bonds. The molecule has 0 fully saturated rings. The zero-order valence-corrected chi connectivity index (χ0v) is 11.9. The number of hydrogen-bond donors (Lipinski definition) is 1. The van der Waals surface area contributed by atoms with E-state index in [2.05, 4.69) is 9.97 Å². The van der Waals surface area contributed by atoms with Gasteiger partial charge in [-0.05, 0) is 24.5 Å². The van der Waals surface area contributed by atoms with E-state index in [1.54, 1.807) is 22.9 Å². The Morgan fingerprint density at radius 1 is 1.40 bits per heavy atom. The molecule has 1 aromatic heterocycles. The molecule has 0 atom stereocenters. The number of carbonyl (C=O) groups excluding carboxylic acids is 1. The molecule has 20 heavy (non-hydrogen) atoms. The molecule has 0 spiro atoms. The van der Waals surface area contributed by atoms with Gasteiger partial charge in [0, 0.05) is 28.8 Å². The highest BCUT2D eigenvalue weighted by molar-refractivity contribution is 7.98. The molecule has 3 rings (SSSR count). The predicted octanol–water partition coefficient (Wildman–Crippen LogP) is 1.94. The maximum absolute atomic E-state index is 12.5. The summed E-state index contributed by atoms with van der Waals surface area (Å²) in [6.45, 7) is 1.03. The van der Waals surface area contributed by atoms with Crippen LogP contribution in [-0.2, 0) is 13.1 Å². The molecule has 5 nitrogen and oxygen atoms in total. The zero-order chi connectivity index (χ0) is 14.1. The number of anilines is 1. The number of aromatic nitrogens is 2. The lowest BCUT2D eigenvalue weighted by atomic mass is 10.2. The smallest absolute Gasteiger partial charge is 0.254 e. The minimum Gasteiger partial charge on any atom is -0.368 e. The lowest BCUT2D eigenvalue weighted by Gasteiger charge is -2.15. The number of rotatable bonds is 2. The lowest BCUT2D eigenvalue weighted by molar-refractivity contribution is 0.0750. The molecule has 1 aliphatic rings. The average molecular weight is 286 g/mol. The van der Waals surface area contributed by atoms with Crippen LogP contribution >= 0.6 is 11.8 Å². The molecule has 0 aliphatic carbocycles. The fraction of sp³-hybridized carbons (Fsp3) is 0.214. The van der Waals surface area contributed by atoms with Gasteiger partial charge in [-0.1, -0.05) is 6.07 Å². The number of nitrogens with zero attached hydrogens (tertiary/aromatic N) is 3. The number of benzene rings is 1. The van der Waals surface area contributed by atoms with E-state index < -0.39 is 0 Å². The van der Waals surface area contributed by atoms with E-state index in [-0.39, 0.29) is 11.9 Å². The van der Waals surface area contributed by atoms with E-state index in [0.29, 0.717) is 18.7 Å². The number of hydrogen-bond acceptors (Lipinski definition) is 5. The monoisotopic (exact) mass is 286 g/mol. The van der Waals surface area contributed by atoms with Crippen LogP contribution in [-0.4, -0.2) is 27.0 Å². The predicted molar refractivity (Wildman–Crippen MR) is 78.2 cm³/mol. The molecule has 2 heterocycles. The van der Waals surface area contributed by atoms with Crippen molar-refractivity contribution < 1.29 is 4.79 Å². The van der Waals surface area contributed by atoms with Crippen LogP contribution in [0.2, 0.25) is 0 Å². The van der Waals surface area contributed by atoms with Crippen molar-refractivity contribution in [3.63, 3.8) is 0 Å². The summed E-state index contributed by atoms with van der Waals surface area (Å²) >= 11 is 1.62. The van der Waals surface area contributed by atoms with E-state index in [0.717, 1.165) is 16.2 Å². The van der Waals surface area contributed by atoms with Crippen LogP contribution in [0.3, 0.4) is 0 Å². The van der Waals surface area contributed by atoms with Crippen LogP contribution in [0.25, 0.3) is 0 Å². The van der Waals surface area contributed by atoms with Crippen molar-refractivity contribution in [1.82, 2.24) is 14.9 Å². The fourth-order valence-corrected chi connectivity index (χ4v) is 2.71. The highest BCUT2D eigenvalue weighted by atomic mass is 32.2. The van der Waals surface area contributed by atoms with E-state index >= 15 is 0 Å². The molecule has 0 bridgehead atoms. The Balaban J connectivity index is 1.83. The van der Waals surface area contributed by atoms with E-state index in [1.807, 2.05) is 30.5 Å². The van der Waals surface area contributed by atoms with Crippen molar-refractivity contribution in [3.05, 3.63) is 47.3 Å². The van der Waals surface area contributed by atoms with Gasteiger partial charge in [0.15, 0.2) is 0 Å². The zero-order valence-electron chi connectivity index (χ0n) is 11.0. The highest BCUT2D eigenvalue weighted by Gasteiger charge is 2.25. The standard InChI is InChI=1S/C14H14N4OS/c1-20-11-4-2-3-9(5-11)13(19)18-7-10-6-16-14(15)17-12(10)8-18/h2-6H,7-8H2,1H3,(H2,15,16,17). The van der Waals surface area contributed by atoms with Gasteiger partial charge in [-0.3, -0.25) is 4.79 Å². The second-order valence-corrected chi connectivity index (χ2v) is 5.47. The van der Waals surface area contributed by atoms with E-state index in [9.17, 15) is 4.79 Å². The quantitative estimate of drug-likeness (QED) is 0.854. The van der Waals surface area contributed by atoms with Crippen LogP contribution in [0.1, 0.15) is 21.6 Å². The van der Waals surface area contributed by atoms with Gasteiger partial charge < -0.3 is 10.6 Å². The van der Waals surface area contributed by atoms with Crippen LogP contribution in [0.15, 0.2) is 35.4 Å². The summed E-state index contributed by atoms with van der Waals surface area (Å²) < 4.78 is 0. The van der Waals surface area contributed by atoms with Gasteiger partial charge in [0.05, 0.1) is 12.2 Å². The van der Waals surface area contributed by atoms with Crippen molar-refractivity contribution >= 4 is 23.6 Å². The van der Waals surface area contributed by atoms with Crippen molar-refractivity contribution in [2.75, 3.05) is 12.0 Å². The highest BCUT2D eigenvalue weighted by Crippen LogP contribution is 2.24. The number of fused-ring (bicyclic) bond motifs is 1. The number of amides is 1. The normalized spacial score (nSPS) is 13.3. The van der Waals surface area contributed by atoms with Gasteiger partial charge in [0.2, 0.25) is 5.95 Å². The molecular formula is C14H14N4OS. The van der Waals surface area contributed by atoms with E-state index in [1.165, 1.54) is 0 Å². The summed E-state index contributed by atoms with van der Waals surface area (Å²) in [5.74, 6) is 0.264. The van der Waals surface area contributed by atoms with Gasteiger partial charge in [-0.15, -0.1) is 11.8 Å². The SMILES string of the molecule is CSc1cccc(C(=O)N2Cc3cnc(N)nc3C2)c1. The summed E-state index contributed by atoms with van der Waals surface area (Å²) in [4.78, 5) is 23.5. The van der Waals surface area contributed by atoms with Crippen molar-refractivity contribution in [3.8, 4) is 0 Å². The first kappa shape index (κ1) is 12.9. The first-order valence-corrected chi connectivity index (χ1v) is 7.43. The molecule has 2 aromatic rings.